The van der Waals surface area contributed by atoms with E-state index < -0.39 is 0 Å². The Kier molecular flexibility index (Phi) is 4.27. The lowest BCUT2D eigenvalue weighted by Crippen LogP contribution is -2.00. The zero-order chi connectivity index (χ0) is 16.9. The van der Waals surface area contributed by atoms with Crippen LogP contribution in [-0.4, -0.2) is 0 Å². The van der Waals surface area contributed by atoms with Gasteiger partial charge in [0, 0.05) is 20.2 Å². The predicted molar refractivity (Wildman–Crippen MR) is 106 cm³/mol. The van der Waals surface area contributed by atoms with Crippen LogP contribution < -0.4 is 0 Å². The highest BCUT2D eigenvalue weighted by molar-refractivity contribution is 7.26. The number of hydrogen-bond donors (Lipinski definition) is 0. The lowest BCUT2D eigenvalue weighted by molar-refractivity contribution is 0.903. The van der Waals surface area contributed by atoms with Crippen LogP contribution in [0.4, 0.5) is 0 Å². The first-order chi connectivity index (χ1) is 10.9. The zero-order valence-corrected chi connectivity index (χ0v) is 16.4. The number of hydrogen-bond acceptors (Lipinski definition) is 1. The molecule has 0 saturated heterocycles. The summed E-state index contributed by atoms with van der Waals surface area (Å²) < 4.78 is 3.02. The van der Waals surface area contributed by atoms with Gasteiger partial charge in [0.15, 0.2) is 0 Å². The van der Waals surface area contributed by atoms with Crippen molar-refractivity contribution in [3.63, 3.8) is 0 Å². The SMILES string of the molecule is CCCc1c(CC)c(C)c(C)c2sc3c(C)c(C)c(C)cc3c12. The lowest BCUT2D eigenvalue weighted by atomic mass is 9.88. The summed E-state index contributed by atoms with van der Waals surface area (Å²) in [6, 6.07) is 2.43. The van der Waals surface area contributed by atoms with Crippen LogP contribution in [0.25, 0.3) is 20.2 Å². The van der Waals surface area contributed by atoms with Gasteiger partial charge in [0.25, 0.3) is 0 Å². The molecule has 0 amide bonds. The zero-order valence-electron chi connectivity index (χ0n) is 15.6. The van der Waals surface area contributed by atoms with Crippen molar-refractivity contribution in [2.24, 2.45) is 0 Å². The molecule has 0 saturated carbocycles. The molecule has 0 N–H and O–H groups in total. The van der Waals surface area contributed by atoms with Crippen LogP contribution in [0.3, 0.4) is 0 Å². The van der Waals surface area contributed by atoms with Gasteiger partial charge in [0.2, 0.25) is 0 Å². The first-order valence-electron chi connectivity index (χ1n) is 8.86. The molecule has 0 aliphatic rings. The smallest absolute Gasteiger partial charge is 0.0390 e. The van der Waals surface area contributed by atoms with Gasteiger partial charge in [-0.05, 0) is 92.5 Å². The minimum atomic E-state index is 1.14. The second-order valence-corrected chi connectivity index (χ2v) is 7.96. The van der Waals surface area contributed by atoms with Crippen molar-refractivity contribution in [1.29, 1.82) is 0 Å². The van der Waals surface area contributed by atoms with Gasteiger partial charge in [-0.2, -0.15) is 0 Å². The Labute approximate surface area is 144 Å². The molecule has 1 aromatic heterocycles. The van der Waals surface area contributed by atoms with Crippen molar-refractivity contribution >= 4 is 31.5 Å². The molecule has 0 nitrogen and oxygen atoms in total. The monoisotopic (exact) mass is 324 g/mol. The van der Waals surface area contributed by atoms with E-state index in [2.05, 4.69) is 54.5 Å². The van der Waals surface area contributed by atoms with Gasteiger partial charge >= 0.3 is 0 Å². The molecule has 0 atom stereocenters. The fourth-order valence-electron chi connectivity index (χ4n) is 3.99. The van der Waals surface area contributed by atoms with Crippen molar-refractivity contribution in [1.82, 2.24) is 0 Å². The van der Waals surface area contributed by atoms with Gasteiger partial charge in [-0.1, -0.05) is 20.3 Å². The molecule has 23 heavy (non-hydrogen) atoms. The van der Waals surface area contributed by atoms with Gasteiger partial charge in [0.1, 0.15) is 0 Å². The van der Waals surface area contributed by atoms with E-state index in [1.165, 1.54) is 55.4 Å². The molecular weight excluding hydrogens is 296 g/mol. The van der Waals surface area contributed by atoms with Gasteiger partial charge in [0.05, 0.1) is 0 Å². The van der Waals surface area contributed by atoms with Crippen LogP contribution in [0, 0.1) is 34.6 Å². The van der Waals surface area contributed by atoms with Crippen molar-refractivity contribution in [3.8, 4) is 0 Å². The highest BCUT2D eigenvalue weighted by Gasteiger charge is 2.19. The summed E-state index contributed by atoms with van der Waals surface area (Å²) in [5.74, 6) is 0. The summed E-state index contributed by atoms with van der Waals surface area (Å²) in [5.41, 5.74) is 10.6. The van der Waals surface area contributed by atoms with E-state index >= 15 is 0 Å². The second kappa shape index (κ2) is 5.94. The maximum atomic E-state index is 2.43. The molecule has 122 valence electrons. The number of thiophene rings is 1. The van der Waals surface area contributed by atoms with Crippen LogP contribution in [0.5, 0.6) is 0 Å². The van der Waals surface area contributed by atoms with Crippen LogP contribution in [0.15, 0.2) is 6.07 Å². The maximum absolute atomic E-state index is 2.43. The Morgan fingerprint density at radius 2 is 1.43 bits per heavy atom. The molecule has 2 aromatic carbocycles. The third-order valence-electron chi connectivity index (χ3n) is 5.68. The third kappa shape index (κ3) is 2.32. The highest BCUT2D eigenvalue weighted by atomic mass is 32.1. The molecule has 0 fully saturated rings. The van der Waals surface area contributed by atoms with Crippen LogP contribution in [0.1, 0.15) is 59.2 Å². The molecule has 1 heterocycles. The topological polar surface area (TPSA) is 0 Å². The summed E-state index contributed by atoms with van der Waals surface area (Å²) in [6.07, 6.45) is 3.55. The Morgan fingerprint density at radius 1 is 0.783 bits per heavy atom. The Balaban J connectivity index is 2.60. The third-order valence-corrected chi connectivity index (χ3v) is 7.12. The summed E-state index contributed by atoms with van der Waals surface area (Å²) in [5, 5.41) is 3.05. The Bertz CT molecular complexity index is 909. The van der Waals surface area contributed by atoms with Crippen LogP contribution in [0.2, 0.25) is 0 Å². The normalized spacial score (nSPS) is 11.8. The number of aryl methyl sites for hydroxylation is 4. The maximum Gasteiger partial charge on any atom is 0.0390 e. The van der Waals surface area contributed by atoms with Gasteiger partial charge in [-0.15, -0.1) is 11.3 Å². The summed E-state index contributed by atoms with van der Waals surface area (Å²) in [7, 11) is 0. The Hall–Kier alpha value is -1.34. The molecule has 0 spiro atoms. The van der Waals surface area contributed by atoms with Crippen LogP contribution >= 0.6 is 11.3 Å². The molecule has 1 heteroatoms. The van der Waals surface area contributed by atoms with E-state index in [1.54, 1.807) is 16.5 Å². The molecule has 0 radical (unpaired) electrons. The summed E-state index contributed by atoms with van der Waals surface area (Å²) in [4.78, 5) is 0. The quantitative estimate of drug-likeness (QED) is 0.481. The van der Waals surface area contributed by atoms with E-state index in [1.807, 2.05) is 11.3 Å². The molecule has 0 bridgehead atoms. The average Bonchev–Trinajstić information content (AvgIpc) is 2.90. The summed E-state index contributed by atoms with van der Waals surface area (Å²) >= 11 is 2.01. The van der Waals surface area contributed by atoms with Gasteiger partial charge < -0.3 is 0 Å². The van der Waals surface area contributed by atoms with E-state index in [-0.39, 0.29) is 0 Å². The fraction of sp³-hybridized carbons (Fsp3) is 0.455. The van der Waals surface area contributed by atoms with Crippen molar-refractivity contribution in [2.45, 2.75) is 67.7 Å². The van der Waals surface area contributed by atoms with E-state index in [0.29, 0.717) is 0 Å². The van der Waals surface area contributed by atoms with E-state index in [0.717, 1.165) is 6.42 Å². The minimum Gasteiger partial charge on any atom is -0.135 e. The first kappa shape index (κ1) is 16.5. The van der Waals surface area contributed by atoms with Crippen molar-refractivity contribution < 1.29 is 0 Å². The Morgan fingerprint density at radius 3 is 2.04 bits per heavy atom. The fourth-order valence-corrected chi connectivity index (χ4v) is 5.42. The average molecular weight is 325 g/mol. The van der Waals surface area contributed by atoms with Gasteiger partial charge in [-0.3, -0.25) is 0 Å². The molecular formula is C22H28S. The number of benzene rings is 2. The predicted octanol–water partition coefficient (Wildman–Crippen LogP) is 7.11. The van der Waals surface area contributed by atoms with E-state index in [4.69, 9.17) is 0 Å². The highest BCUT2D eigenvalue weighted by Crippen LogP contribution is 2.44. The molecule has 3 aromatic rings. The van der Waals surface area contributed by atoms with Crippen LogP contribution in [-0.2, 0) is 12.8 Å². The molecule has 3 rings (SSSR count). The minimum absolute atomic E-state index is 1.14. The molecule has 0 unspecified atom stereocenters. The van der Waals surface area contributed by atoms with Crippen molar-refractivity contribution in [3.05, 3.63) is 45.0 Å². The number of fused-ring (bicyclic) bond motifs is 3. The number of rotatable bonds is 3. The largest absolute Gasteiger partial charge is 0.135 e. The van der Waals surface area contributed by atoms with E-state index in [9.17, 15) is 0 Å². The van der Waals surface area contributed by atoms with Gasteiger partial charge in [-0.25, -0.2) is 0 Å². The molecule has 0 aliphatic heterocycles. The summed E-state index contributed by atoms with van der Waals surface area (Å²) in [6.45, 7) is 16.1. The lowest BCUT2D eigenvalue weighted by Gasteiger charge is -2.16. The first-order valence-corrected chi connectivity index (χ1v) is 9.67. The second-order valence-electron chi connectivity index (χ2n) is 6.94. The standard InChI is InChI=1S/C22H28S/c1-8-10-18-17(9-2)14(5)16(7)22-20(18)19-11-12(3)13(4)15(6)21(19)23-22/h11H,8-10H2,1-7H3. The van der Waals surface area contributed by atoms with Crippen molar-refractivity contribution in [2.75, 3.05) is 0 Å². The molecule has 0 aliphatic carbocycles.